The number of thioether (sulfide) groups is 1. The second-order valence-electron chi connectivity index (χ2n) is 6.47. The van der Waals surface area contributed by atoms with Gasteiger partial charge in [-0.25, -0.2) is 5.43 Å². The van der Waals surface area contributed by atoms with Crippen LogP contribution in [0, 0.1) is 0 Å². The Labute approximate surface area is 200 Å². The van der Waals surface area contributed by atoms with Gasteiger partial charge in [-0.15, -0.1) is 11.8 Å². The summed E-state index contributed by atoms with van der Waals surface area (Å²) in [7, 11) is 0. The van der Waals surface area contributed by atoms with E-state index >= 15 is 0 Å². The number of amides is 1. The molecule has 0 aliphatic carbocycles. The normalized spacial score (nSPS) is 10.9. The Morgan fingerprint density at radius 2 is 1.65 bits per heavy atom. The van der Waals surface area contributed by atoms with Gasteiger partial charge in [-0.3, -0.25) is 4.79 Å². The van der Waals surface area contributed by atoms with Crippen LogP contribution in [0.5, 0.6) is 5.75 Å². The summed E-state index contributed by atoms with van der Waals surface area (Å²) in [6.45, 7) is 0.456. The van der Waals surface area contributed by atoms with E-state index in [1.54, 1.807) is 24.4 Å². The lowest BCUT2D eigenvalue weighted by Crippen LogP contribution is -2.19. The lowest BCUT2D eigenvalue weighted by atomic mass is 10.2. The molecule has 0 atom stereocenters. The third-order valence-corrected chi connectivity index (χ3v) is 6.06. The van der Waals surface area contributed by atoms with E-state index in [2.05, 4.69) is 10.5 Å². The maximum Gasteiger partial charge on any atom is 0.250 e. The summed E-state index contributed by atoms with van der Waals surface area (Å²) in [5.41, 5.74) is 5.22. The zero-order chi connectivity index (χ0) is 22.1. The molecule has 0 aliphatic heterocycles. The van der Waals surface area contributed by atoms with Crippen LogP contribution in [-0.4, -0.2) is 17.9 Å². The molecule has 4 nitrogen and oxygen atoms in total. The highest BCUT2D eigenvalue weighted by molar-refractivity contribution is 7.99. The van der Waals surface area contributed by atoms with Crippen LogP contribution in [0.4, 0.5) is 0 Å². The van der Waals surface area contributed by atoms with E-state index in [1.165, 1.54) is 11.8 Å². The molecule has 3 rings (SSSR count). The van der Waals surface area contributed by atoms with Crippen LogP contribution in [0.25, 0.3) is 0 Å². The molecule has 0 bridgehead atoms. The van der Waals surface area contributed by atoms with Gasteiger partial charge in [0, 0.05) is 20.8 Å². The van der Waals surface area contributed by atoms with Crippen LogP contribution >= 0.6 is 46.6 Å². The first-order valence-corrected chi connectivity index (χ1v) is 11.6. The molecular weight excluding hydrogens is 475 g/mol. The van der Waals surface area contributed by atoms with E-state index in [1.807, 2.05) is 48.5 Å². The van der Waals surface area contributed by atoms with Crippen LogP contribution in [0.3, 0.4) is 0 Å². The Balaban J connectivity index is 1.40. The number of hydrogen-bond acceptors (Lipinski definition) is 4. The fourth-order valence-corrected chi connectivity index (χ4v) is 4.21. The Hall–Kier alpha value is -2.18. The number of hydrazone groups is 1. The second kappa shape index (κ2) is 12.0. The zero-order valence-corrected chi connectivity index (χ0v) is 19.4. The van der Waals surface area contributed by atoms with E-state index in [9.17, 15) is 4.79 Å². The van der Waals surface area contributed by atoms with Crippen LogP contribution in [0.2, 0.25) is 15.1 Å². The summed E-state index contributed by atoms with van der Waals surface area (Å²) < 4.78 is 5.75. The average Bonchev–Trinajstić information content (AvgIpc) is 2.76. The maximum atomic E-state index is 11.9. The van der Waals surface area contributed by atoms with Crippen LogP contribution in [0.1, 0.15) is 16.7 Å². The minimum Gasteiger partial charge on any atom is -0.489 e. The average molecular weight is 494 g/mol. The first kappa shape index (κ1) is 23.5. The molecule has 1 amide bonds. The van der Waals surface area contributed by atoms with E-state index in [4.69, 9.17) is 39.5 Å². The summed E-state index contributed by atoms with van der Waals surface area (Å²) >= 11 is 19.6. The number of nitrogens with zero attached hydrogens (tertiary/aromatic N) is 1. The van der Waals surface area contributed by atoms with Crippen molar-refractivity contribution in [2.45, 2.75) is 12.4 Å². The minimum atomic E-state index is -0.202. The molecule has 0 spiro atoms. The predicted octanol–water partition coefficient (Wildman–Crippen LogP) is 6.61. The number of benzene rings is 3. The van der Waals surface area contributed by atoms with Crippen molar-refractivity contribution >= 4 is 58.7 Å². The summed E-state index contributed by atoms with van der Waals surface area (Å²) in [6.07, 6.45) is 1.58. The van der Waals surface area contributed by atoms with Gasteiger partial charge in [-0.05, 0) is 65.2 Å². The van der Waals surface area contributed by atoms with Crippen molar-refractivity contribution in [3.05, 3.63) is 98.5 Å². The number of carbonyl (C=O) groups excluding carboxylic acids is 1. The van der Waals surface area contributed by atoms with Gasteiger partial charge in [-0.2, -0.15) is 5.10 Å². The molecule has 3 aromatic rings. The second-order valence-corrected chi connectivity index (χ2v) is 8.71. The smallest absolute Gasteiger partial charge is 0.250 e. The number of halogens is 3. The summed E-state index contributed by atoms with van der Waals surface area (Å²) in [5.74, 6) is 1.34. The molecule has 0 radical (unpaired) electrons. The number of ether oxygens (including phenoxy) is 1. The molecule has 0 unspecified atom stereocenters. The van der Waals surface area contributed by atoms with Gasteiger partial charge in [-0.1, -0.05) is 53.0 Å². The fraction of sp³-hybridized carbons (Fsp3) is 0.130. The molecular formula is C23H19Cl3N2O2S. The van der Waals surface area contributed by atoms with Crippen LogP contribution in [-0.2, 0) is 17.2 Å². The first-order valence-electron chi connectivity index (χ1n) is 9.31. The quantitative estimate of drug-likeness (QED) is 0.269. The van der Waals surface area contributed by atoms with Crippen LogP contribution in [0.15, 0.2) is 71.8 Å². The fourth-order valence-electron chi connectivity index (χ4n) is 2.52. The van der Waals surface area contributed by atoms with Gasteiger partial charge in [0.25, 0.3) is 0 Å². The molecule has 1 N–H and O–H groups in total. The van der Waals surface area contributed by atoms with Crippen molar-refractivity contribution in [2.24, 2.45) is 5.10 Å². The minimum absolute atomic E-state index is 0.202. The van der Waals surface area contributed by atoms with E-state index in [-0.39, 0.29) is 11.7 Å². The van der Waals surface area contributed by atoms with Gasteiger partial charge in [0.2, 0.25) is 5.91 Å². The lowest BCUT2D eigenvalue weighted by molar-refractivity contribution is -0.118. The number of carbonyl (C=O) groups is 1. The molecule has 0 aromatic heterocycles. The Bertz CT molecular complexity index is 1020. The molecule has 3 aromatic carbocycles. The summed E-state index contributed by atoms with van der Waals surface area (Å²) in [6, 6.07) is 20.3. The molecule has 160 valence electrons. The van der Waals surface area contributed by atoms with E-state index in [0.717, 1.165) is 22.4 Å². The topological polar surface area (TPSA) is 50.7 Å². The van der Waals surface area contributed by atoms with E-state index in [0.29, 0.717) is 27.4 Å². The maximum absolute atomic E-state index is 11.9. The van der Waals surface area contributed by atoms with Gasteiger partial charge in [0.15, 0.2) is 0 Å². The third kappa shape index (κ3) is 7.78. The Morgan fingerprint density at radius 3 is 2.32 bits per heavy atom. The Kier molecular flexibility index (Phi) is 9.10. The van der Waals surface area contributed by atoms with Crippen molar-refractivity contribution in [1.29, 1.82) is 0 Å². The predicted molar refractivity (Wildman–Crippen MR) is 131 cm³/mol. The molecule has 0 fully saturated rings. The standard InChI is InChI=1S/C23H19Cl3N2O2S/c24-18-8-4-17(5-9-18)13-30-19-10-6-16(7-11-19)12-27-28-23(29)15-31-14-20-21(25)2-1-3-22(20)26/h1-12H,13-15H2,(H,28,29)/b27-12-. The van der Waals surface area contributed by atoms with Crippen molar-refractivity contribution in [3.63, 3.8) is 0 Å². The van der Waals surface area contributed by atoms with Crippen LogP contribution < -0.4 is 10.2 Å². The van der Waals surface area contributed by atoms with Crippen molar-refractivity contribution in [3.8, 4) is 5.75 Å². The lowest BCUT2D eigenvalue weighted by Gasteiger charge is -2.07. The first-order chi connectivity index (χ1) is 15.0. The third-order valence-electron chi connectivity index (χ3n) is 4.14. The number of nitrogens with one attached hydrogen (secondary N) is 1. The Morgan fingerprint density at radius 1 is 0.968 bits per heavy atom. The highest BCUT2D eigenvalue weighted by Gasteiger charge is 2.07. The summed E-state index contributed by atoms with van der Waals surface area (Å²) in [5, 5.41) is 5.88. The zero-order valence-electron chi connectivity index (χ0n) is 16.4. The number of hydrogen-bond donors (Lipinski definition) is 1. The monoisotopic (exact) mass is 492 g/mol. The number of rotatable bonds is 9. The molecule has 0 aliphatic rings. The van der Waals surface area contributed by atoms with Crippen molar-refractivity contribution in [1.82, 2.24) is 5.43 Å². The molecule has 0 heterocycles. The summed E-state index contributed by atoms with van der Waals surface area (Å²) in [4.78, 5) is 11.9. The van der Waals surface area contributed by atoms with Crippen molar-refractivity contribution < 1.29 is 9.53 Å². The van der Waals surface area contributed by atoms with Crippen molar-refractivity contribution in [2.75, 3.05) is 5.75 Å². The van der Waals surface area contributed by atoms with E-state index < -0.39 is 0 Å². The van der Waals surface area contributed by atoms with Gasteiger partial charge < -0.3 is 4.74 Å². The highest BCUT2D eigenvalue weighted by atomic mass is 35.5. The van der Waals surface area contributed by atoms with Gasteiger partial charge in [0.1, 0.15) is 12.4 Å². The molecule has 0 saturated heterocycles. The highest BCUT2D eigenvalue weighted by Crippen LogP contribution is 2.28. The molecule has 8 heteroatoms. The molecule has 0 saturated carbocycles. The molecule has 31 heavy (non-hydrogen) atoms. The van der Waals surface area contributed by atoms with Gasteiger partial charge in [0.05, 0.1) is 12.0 Å². The van der Waals surface area contributed by atoms with Gasteiger partial charge >= 0.3 is 0 Å². The largest absolute Gasteiger partial charge is 0.489 e. The SMILES string of the molecule is O=C(CSCc1c(Cl)cccc1Cl)N/N=C\c1ccc(OCc2ccc(Cl)cc2)cc1.